The van der Waals surface area contributed by atoms with Gasteiger partial charge in [0.25, 0.3) is 11.5 Å². The first kappa shape index (κ1) is 20.0. The van der Waals surface area contributed by atoms with E-state index in [-0.39, 0.29) is 11.5 Å². The van der Waals surface area contributed by atoms with E-state index in [0.29, 0.717) is 58.5 Å². The zero-order valence-corrected chi connectivity index (χ0v) is 17.0. The van der Waals surface area contributed by atoms with E-state index >= 15 is 0 Å². The lowest BCUT2D eigenvalue weighted by atomic mass is 10.2. The van der Waals surface area contributed by atoms with Crippen molar-refractivity contribution in [3.8, 4) is 5.75 Å². The average molecular weight is 401 g/mol. The molecule has 3 rings (SSSR count). The number of aromatic nitrogens is 2. The number of anilines is 1. The summed E-state index contributed by atoms with van der Waals surface area (Å²) in [6.45, 7) is 7.52. The molecule has 0 aliphatic carbocycles. The van der Waals surface area contributed by atoms with Crippen LogP contribution in [-0.2, 0) is 11.3 Å². The third-order valence-corrected chi connectivity index (χ3v) is 5.44. The fourth-order valence-electron chi connectivity index (χ4n) is 2.87. The second-order valence-electron chi connectivity index (χ2n) is 6.06. The zero-order valence-electron chi connectivity index (χ0n) is 16.2. The van der Waals surface area contributed by atoms with Crippen molar-refractivity contribution < 1.29 is 14.3 Å². The topological polar surface area (TPSA) is 82.5 Å². The molecule has 0 unspecified atom stereocenters. The number of rotatable bonds is 8. The third kappa shape index (κ3) is 4.07. The molecule has 0 aliphatic heterocycles. The second-order valence-corrected chi connectivity index (χ2v) is 7.06. The number of thiophene rings is 1. The van der Waals surface area contributed by atoms with Crippen LogP contribution in [0.2, 0.25) is 0 Å². The van der Waals surface area contributed by atoms with Crippen molar-refractivity contribution in [3.63, 3.8) is 0 Å². The molecule has 8 heteroatoms. The molecule has 0 radical (unpaired) electrons. The van der Waals surface area contributed by atoms with E-state index in [1.165, 1.54) is 22.2 Å². The van der Waals surface area contributed by atoms with Crippen molar-refractivity contribution in [1.29, 1.82) is 0 Å². The van der Waals surface area contributed by atoms with Crippen LogP contribution >= 0.6 is 11.3 Å². The molecule has 0 saturated heterocycles. The summed E-state index contributed by atoms with van der Waals surface area (Å²) in [5.74, 6) is 0.321. The van der Waals surface area contributed by atoms with Crippen molar-refractivity contribution >= 4 is 33.1 Å². The Morgan fingerprint density at radius 1 is 1.25 bits per heavy atom. The first-order valence-corrected chi connectivity index (χ1v) is 9.97. The highest BCUT2D eigenvalue weighted by Crippen LogP contribution is 2.29. The summed E-state index contributed by atoms with van der Waals surface area (Å²) in [5, 5.41) is 3.36. The molecule has 1 aromatic carbocycles. The van der Waals surface area contributed by atoms with Crippen molar-refractivity contribution in [2.24, 2.45) is 0 Å². The first-order chi connectivity index (χ1) is 13.6. The van der Waals surface area contributed by atoms with Gasteiger partial charge in [0.05, 0.1) is 42.0 Å². The summed E-state index contributed by atoms with van der Waals surface area (Å²) >= 11 is 1.21. The highest BCUT2D eigenvalue weighted by atomic mass is 32.1. The molecule has 0 fully saturated rings. The van der Waals surface area contributed by atoms with Crippen molar-refractivity contribution in [1.82, 2.24) is 9.55 Å². The molecule has 0 spiro atoms. The van der Waals surface area contributed by atoms with Crippen LogP contribution in [0.5, 0.6) is 5.75 Å². The van der Waals surface area contributed by atoms with E-state index in [9.17, 15) is 9.59 Å². The molecule has 2 aromatic heterocycles. The van der Waals surface area contributed by atoms with Gasteiger partial charge in [-0.15, -0.1) is 11.3 Å². The molecule has 0 saturated carbocycles. The SMILES string of the molecule is CCOCCn1cnc2sc(C(=O)Nc3ccccc3OCC)c(C)c2c1=O. The third-order valence-electron chi connectivity index (χ3n) is 4.24. The van der Waals surface area contributed by atoms with Crippen molar-refractivity contribution in [2.75, 3.05) is 25.1 Å². The van der Waals surface area contributed by atoms with Gasteiger partial charge in [-0.05, 0) is 38.5 Å². The summed E-state index contributed by atoms with van der Waals surface area (Å²) in [6.07, 6.45) is 1.51. The second kappa shape index (κ2) is 8.99. The van der Waals surface area contributed by atoms with Crippen LogP contribution in [0.3, 0.4) is 0 Å². The molecule has 1 amide bonds. The summed E-state index contributed by atoms with van der Waals surface area (Å²) in [4.78, 5) is 31.0. The lowest BCUT2D eigenvalue weighted by Gasteiger charge is -2.10. The van der Waals surface area contributed by atoms with Gasteiger partial charge < -0.3 is 14.8 Å². The van der Waals surface area contributed by atoms with Crippen LogP contribution in [0.25, 0.3) is 10.2 Å². The average Bonchev–Trinajstić information content (AvgIpc) is 3.03. The molecule has 0 atom stereocenters. The monoisotopic (exact) mass is 401 g/mol. The first-order valence-electron chi connectivity index (χ1n) is 9.16. The Kier molecular flexibility index (Phi) is 6.43. The minimum atomic E-state index is -0.284. The highest BCUT2D eigenvalue weighted by molar-refractivity contribution is 7.20. The molecule has 0 aliphatic rings. The van der Waals surface area contributed by atoms with Crippen LogP contribution in [0.1, 0.15) is 29.1 Å². The Bertz CT molecular complexity index is 1040. The smallest absolute Gasteiger partial charge is 0.266 e. The van der Waals surface area contributed by atoms with Gasteiger partial charge in [-0.2, -0.15) is 0 Å². The number of nitrogens with one attached hydrogen (secondary N) is 1. The Hall–Kier alpha value is -2.71. The number of carbonyl (C=O) groups is 1. The Morgan fingerprint density at radius 2 is 2.04 bits per heavy atom. The van der Waals surface area contributed by atoms with Gasteiger partial charge in [-0.1, -0.05) is 12.1 Å². The summed E-state index contributed by atoms with van der Waals surface area (Å²) in [5.41, 5.74) is 1.06. The lowest BCUT2D eigenvalue weighted by Crippen LogP contribution is -2.23. The maximum Gasteiger partial charge on any atom is 0.266 e. The normalized spacial score (nSPS) is 11.0. The highest BCUT2D eigenvalue weighted by Gasteiger charge is 2.20. The number of carbonyl (C=O) groups excluding carboxylic acids is 1. The predicted octanol–water partition coefficient (Wildman–Crippen LogP) is 3.45. The lowest BCUT2D eigenvalue weighted by molar-refractivity contribution is 0.102. The maximum atomic E-state index is 12.9. The largest absolute Gasteiger partial charge is 0.492 e. The minimum absolute atomic E-state index is 0.160. The fourth-order valence-corrected chi connectivity index (χ4v) is 3.91. The predicted molar refractivity (Wildman–Crippen MR) is 111 cm³/mol. The summed E-state index contributed by atoms with van der Waals surface area (Å²) < 4.78 is 12.4. The van der Waals surface area contributed by atoms with E-state index in [4.69, 9.17) is 9.47 Å². The van der Waals surface area contributed by atoms with Crippen molar-refractivity contribution in [2.45, 2.75) is 27.3 Å². The Balaban J connectivity index is 1.91. The van der Waals surface area contributed by atoms with Crippen LogP contribution < -0.4 is 15.6 Å². The van der Waals surface area contributed by atoms with E-state index < -0.39 is 0 Å². The summed E-state index contributed by atoms with van der Waals surface area (Å²) in [7, 11) is 0. The number of aryl methyl sites for hydroxylation is 1. The number of hydrogen-bond acceptors (Lipinski definition) is 6. The number of benzene rings is 1. The minimum Gasteiger partial charge on any atom is -0.492 e. The number of hydrogen-bond donors (Lipinski definition) is 1. The van der Waals surface area contributed by atoms with Crippen LogP contribution in [0.15, 0.2) is 35.4 Å². The number of para-hydroxylation sites is 2. The summed E-state index contributed by atoms with van der Waals surface area (Å²) in [6, 6.07) is 7.26. The molecule has 7 nitrogen and oxygen atoms in total. The molecule has 0 bridgehead atoms. The van der Waals surface area contributed by atoms with Gasteiger partial charge in [0.15, 0.2) is 0 Å². The molecule has 3 aromatic rings. The van der Waals surface area contributed by atoms with E-state index in [2.05, 4.69) is 10.3 Å². The molecular formula is C20H23N3O4S. The molecule has 2 heterocycles. The van der Waals surface area contributed by atoms with Gasteiger partial charge in [0.1, 0.15) is 10.6 Å². The van der Waals surface area contributed by atoms with Gasteiger partial charge >= 0.3 is 0 Å². The van der Waals surface area contributed by atoms with E-state index in [1.54, 1.807) is 19.1 Å². The van der Waals surface area contributed by atoms with Crippen LogP contribution in [0, 0.1) is 6.92 Å². The van der Waals surface area contributed by atoms with Crippen molar-refractivity contribution in [3.05, 3.63) is 51.4 Å². The van der Waals surface area contributed by atoms with Crippen LogP contribution in [0.4, 0.5) is 5.69 Å². The van der Waals surface area contributed by atoms with Gasteiger partial charge in [-0.25, -0.2) is 4.98 Å². The Labute approximate surface area is 166 Å². The number of fused-ring (bicyclic) bond motifs is 1. The molecule has 148 valence electrons. The van der Waals surface area contributed by atoms with Gasteiger partial charge in [-0.3, -0.25) is 14.2 Å². The fraction of sp³-hybridized carbons (Fsp3) is 0.350. The zero-order chi connectivity index (χ0) is 20.1. The Morgan fingerprint density at radius 3 is 2.79 bits per heavy atom. The van der Waals surface area contributed by atoms with E-state index in [1.807, 2.05) is 26.0 Å². The maximum absolute atomic E-state index is 12.9. The standard InChI is InChI=1S/C20H23N3O4S/c1-4-26-11-10-23-12-21-19-16(20(23)25)13(3)17(28-19)18(24)22-14-8-6-7-9-15(14)27-5-2/h6-9,12H,4-5,10-11H2,1-3H3,(H,22,24). The van der Waals surface area contributed by atoms with E-state index in [0.717, 1.165) is 0 Å². The number of ether oxygens (including phenoxy) is 2. The number of amides is 1. The quantitative estimate of drug-likeness (QED) is 0.585. The van der Waals surface area contributed by atoms with Gasteiger partial charge in [0, 0.05) is 6.61 Å². The molecule has 28 heavy (non-hydrogen) atoms. The number of nitrogens with zero attached hydrogens (tertiary/aromatic N) is 2. The molecule has 1 N–H and O–H groups in total. The molecular weight excluding hydrogens is 378 g/mol. The van der Waals surface area contributed by atoms with Gasteiger partial charge in [0.2, 0.25) is 0 Å². The van der Waals surface area contributed by atoms with Crippen LogP contribution in [-0.4, -0.2) is 35.3 Å².